The maximum Gasteiger partial charge on any atom is 0.153 e. The van der Waals surface area contributed by atoms with Gasteiger partial charge in [0.2, 0.25) is 0 Å². The summed E-state index contributed by atoms with van der Waals surface area (Å²) in [6.45, 7) is 8.18. The zero-order valence-electron chi connectivity index (χ0n) is 10.1. The Balaban J connectivity index is 2.72. The van der Waals surface area contributed by atoms with Crippen molar-refractivity contribution in [3.63, 3.8) is 0 Å². The molecule has 0 amide bonds. The average molecular weight is 216 g/mol. The number of aromatic nitrogens is 3. The lowest BCUT2D eigenvalue weighted by atomic mass is 9.91. The van der Waals surface area contributed by atoms with Gasteiger partial charge in [0.05, 0.1) is 5.52 Å². The van der Waals surface area contributed by atoms with Crippen molar-refractivity contribution in [3.8, 4) is 0 Å². The summed E-state index contributed by atoms with van der Waals surface area (Å²) in [5, 5.41) is 0. The van der Waals surface area contributed by atoms with E-state index >= 15 is 0 Å². The molecule has 2 N–H and O–H groups in total. The van der Waals surface area contributed by atoms with Gasteiger partial charge in [0.1, 0.15) is 11.3 Å². The zero-order chi connectivity index (χ0) is 11.9. The molecule has 84 valence electrons. The molecular formula is C12H16N4. The van der Waals surface area contributed by atoms with Gasteiger partial charge in [-0.05, 0) is 19.1 Å². The van der Waals surface area contributed by atoms with Crippen molar-refractivity contribution in [2.45, 2.75) is 33.1 Å². The second kappa shape index (κ2) is 3.40. The lowest BCUT2D eigenvalue weighted by Gasteiger charge is -2.18. The quantitative estimate of drug-likeness (QED) is 0.733. The number of fused-ring (bicyclic) bond motifs is 1. The van der Waals surface area contributed by atoms with E-state index in [4.69, 9.17) is 5.73 Å². The molecule has 2 heterocycles. The molecule has 0 bridgehead atoms. The van der Waals surface area contributed by atoms with Crippen LogP contribution in [-0.4, -0.2) is 15.0 Å². The number of pyridine rings is 1. The first-order valence-electron chi connectivity index (χ1n) is 5.29. The van der Waals surface area contributed by atoms with Gasteiger partial charge in [-0.25, -0.2) is 15.0 Å². The van der Waals surface area contributed by atoms with Gasteiger partial charge in [0.15, 0.2) is 5.82 Å². The first-order valence-corrected chi connectivity index (χ1v) is 5.29. The van der Waals surface area contributed by atoms with E-state index < -0.39 is 0 Å². The second-order valence-corrected chi connectivity index (χ2v) is 4.97. The largest absolute Gasteiger partial charge is 0.382 e. The normalized spacial score (nSPS) is 12.0. The van der Waals surface area contributed by atoms with E-state index in [0.717, 1.165) is 11.2 Å². The molecule has 0 unspecified atom stereocenters. The van der Waals surface area contributed by atoms with Crippen LogP contribution in [0.3, 0.4) is 0 Å². The third kappa shape index (κ3) is 1.83. The molecule has 0 radical (unpaired) electrons. The zero-order valence-corrected chi connectivity index (χ0v) is 10.1. The highest BCUT2D eigenvalue weighted by Crippen LogP contribution is 2.23. The molecule has 0 aliphatic rings. The van der Waals surface area contributed by atoms with Gasteiger partial charge in [0, 0.05) is 11.1 Å². The van der Waals surface area contributed by atoms with Gasteiger partial charge in [-0.2, -0.15) is 0 Å². The molecule has 0 fully saturated rings. The summed E-state index contributed by atoms with van der Waals surface area (Å²) in [7, 11) is 0. The van der Waals surface area contributed by atoms with Crippen molar-refractivity contribution >= 4 is 16.9 Å². The molecule has 2 aromatic rings. The Morgan fingerprint density at radius 1 is 1.06 bits per heavy atom. The SMILES string of the molecule is Cc1nc(N)c2nc(C(C)(C)C)ccc2n1. The van der Waals surface area contributed by atoms with E-state index in [1.165, 1.54) is 0 Å². The minimum Gasteiger partial charge on any atom is -0.382 e. The standard InChI is InChI=1S/C12H16N4/c1-7-14-8-5-6-9(12(2,3)4)16-10(8)11(13)15-7/h5-6H,1-4H3,(H2,13,14,15). The fraction of sp³-hybridized carbons (Fsp3) is 0.417. The molecular weight excluding hydrogens is 200 g/mol. The van der Waals surface area contributed by atoms with E-state index in [2.05, 4.69) is 35.7 Å². The number of aryl methyl sites for hydroxylation is 1. The predicted molar refractivity (Wildman–Crippen MR) is 65.2 cm³/mol. The van der Waals surface area contributed by atoms with Crippen LogP contribution in [0.2, 0.25) is 0 Å². The molecule has 16 heavy (non-hydrogen) atoms. The first-order chi connectivity index (χ1) is 7.38. The topological polar surface area (TPSA) is 64.7 Å². The lowest BCUT2D eigenvalue weighted by molar-refractivity contribution is 0.571. The summed E-state index contributed by atoms with van der Waals surface area (Å²) in [5.74, 6) is 1.13. The highest BCUT2D eigenvalue weighted by atomic mass is 15.0. The van der Waals surface area contributed by atoms with Gasteiger partial charge in [-0.1, -0.05) is 20.8 Å². The Bertz CT molecular complexity index is 540. The number of nitrogen functional groups attached to an aromatic ring is 1. The Morgan fingerprint density at radius 2 is 1.75 bits per heavy atom. The smallest absolute Gasteiger partial charge is 0.153 e. The van der Waals surface area contributed by atoms with Gasteiger partial charge >= 0.3 is 0 Å². The fourth-order valence-electron chi connectivity index (χ4n) is 1.57. The summed E-state index contributed by atoms with van der Waals surface area (Å²) < 4.78 is 0. The first kappa shape index (κ1) is 10.8. The fourth-order valence-corrected chi connectivity index (χ4v) is 1.57. The number of hydrogen-bond donors (Lipinski definition) is 1. The Morgan fingerprint density at radius 3 is 2.38 bits per heavy atom. The van der Waals surface area contributed by atoms with E-state index in [1.807, 2.05) is 19.1 Å². The van der Waals surface area contributed by atoms with Gasteiger partial charge in [-0.15, -0.1) is 0 Å². The van der Waals surface area contributed by atoms with E-state index in [0.29, 0.717) is 17.2 Å². The summed E-state index contributed by atoms with van der Waals surface area (Å²) in [5.41, 5.74) is 8.36. The Labute approximate surface area is 94.9 Å². The number of hydrogen-bond acceptors (Lipinski definition) is 4. The number of nitrogens with zero attached hydrogens (tertiary/aromatic N) is 3. The second-order valence-electron chi connectivity index (χ2n) is 4.97. The van der Waals surface area contributed by atoms with Gasteiger partial charge in [-0.3, -0.25) is 0 Å². The van der Waals surface area contributed by atoms with Gasteiger partial charge in [0.25, 0.3) is 0 Å². The van der Waals surface area contributed by atoms with E-state index in [-0.39, 0.29) is 5.41 Å². The van der Waals surface area contributed by atoms with Gasteiger partial charge < -0.3 is 5.73 Å². The van der Waals surface area contributed by atoms with Crippen LogP contribution in [0.5, 0.6) is 0 Å². The molecule has 4 nitrogen and oxygen atoms in total. The minimum atomic E-state index is 0.00547. The van der Waals surface area contributed by atoms with Crippen molar-refractivity contribution in [2.24, 2.45) is 0 Å². The van der Waals surface area contributed by atoms with Crippen LogP contribution in [-0.2, 0) is 5.41 Å². The number of nitrogens with two attached hydrogens (primary N) is 1. The third-order valence-electron chi connectivity index (χ3n) is 2.45. The van der Waals surface area contributed by atoms with Crippen molar-refractivity contribution in [1.82, 2.24) is 15.0 Å². The number of rotatable bonds is 0. The molecule has 0 aromatic carbocycles. The maximum atomic E-state index is 5.86. The molecule has 0 atom stereocenters. The van der Waals surface area contributed by atoms with Crippen molar-refractivity contribution in [3.05, 3.63) is 23.7 Å². The van der Waals surface area contributed by atoms with Crippen LogP contribution in [0.15, 0.2) is 12.1 Å². The lowest BCUT2D eigenvalue weighted by Crippen LogP contribution is -2.14. The Kier molecular flexibility index (Phi) is 2.30. The van der Waals surface area contributed by atoms with Crippen molar-refractivity contribution in [1.29, 1.82) is 0 Å². The molecule has 0 spiro atoms. The van der Waals surface area contributed by atoms with E-state index in [9.17, 15) is 0 Å². The molecule has 0 saturated heterocycles. The highest BCUT2D eigenvalue weighted by Gasteiger charge is 2.16. The van der Waals surface area contributed by atoms with Crippen LogP contribution in [0, 0.1) is 6.92 Å². The molecule has 2 aromatic heterocycles. The third-order valence-corrected chi connectivity index (χ3v) is 2.45. The molecule has 0 aliphatic heterocycles. The summed E-state index contributed by atoms with van der Waals surface area (Å²) in [6.07, 6.45) is 0. The van der Waals surface area contributed by atoms with Crippen LogP contribution in [0.4, 0.5) is 5.82 Å². The summed E-state index contributed by atoms with van der Waals surface area (Å²) in [4.78, 5) is 13.0. The van der Waals surface area contributed by atoms with Crippen molar-refractivity contribution in [2.75, 3.05) is 5.73 Å². The van der Waals surface area contributed by atoms with Crippen molar-refractivity contribution < 1.29 is 0 Å². The monoisotopic (exact) mass is 216 g/mol. The van der Waals surface area contributed by atoms with Crippen LogP contribution in [0.1, 0.15) is 32.3 Å². The maximum absolute atomic E-state index is 5.86. The molecule has 4 heteroatoms. The summed E-state index contributed by atoms with van der Waals surface area (Å²) >= 11 is 0. The van der Waals surface area contributed by atoms with Crippen LogP contribution < -0.4 is 5.73 Å². The molecule has 0 saturated carbocycles. The van der Waals surface area contributed by atoms with Crippen LogP contribution in [0.25, 0.3) is 11.0 Å². The van der Waals surface area contributed by atoms with Crippen LogP contribution >= 0.6 is 0 Å². The Hall–Kier alpha value is -1.71. The average Bonchev–Trinajstić information content (AvgIpc) is 2.15. The highest BCUT2D eigenvalue weighted by molar-refractivity contribution is 5.83. The van der Waals surface area contributed by atoms with E-state index in [1.54, 1.807) is 0 Å². The molecule has 2 rings (SSSR count). The predicted octanol–water partition coefficient (Wildman–Crippen LogP) is 2.21. The minimum absolute atomic E-state index is 0.00547. The number of anilines is 1. The summed E-state index contributed by atoms with van der Waals surface area (Å²) in [6, 6.07) is 3.95. The molecule has 0 aliphatic carbocycles.